The van der Waals surface area contributed by atoms with Gasteiger partial charge in [-0.2, -0.15) is 24.7 Å². The first-order chi connectivity index (χ1) is 31.0. The molecule has 7 heterocycles. The number of aromatic nitrogens is 10. The highest BCUT2D eigenvalue weighted by molar-refractivity contribution is 9.10. The third-order valence-corrected chi connectivity index (χ3v) is 12.3. The van der Waals surface area contributed by atoms with E-state index in [2.05, 4.69) is 74.5 Å². The molecule has 0 saturated carbocycles. The molecule has 2 aliphatic rings. The molecule has 10 rings (SSSR count). The minimum Gasteiger partial charge on any atom is -0.457 e. The lowest BCUT2D eigenvalue weighted by Gasteiger charge is -2.36. The zero-order chi connectivity index (χ0) is 44.1. The maximum atomic E-state index is 14.6. The average Bonchev–Trinajstić information content (AvgIpc) is 4.01. The number of benzene rings is 3. The summed E-state index contributed by atoms with van der Waals surface area (Å²) in [5.41, 5.74) is 12.6. The molecule has 0 unspecified atom stereocenters. The molecule has 0 aliphatic carbocycles. The quantitative estimate of drug-likeness (QED) is 0.114. The van der Waals surface area contributed by atoms with Crippen molar-refractivity contribution in [3.8, 4) is 22.8 Å². The number of aryl methyl sites for hydroxylation is 1. The third-order valence-electron chi connectivity index (χ3n) is 11.8. The minimum atomic E-state index is -0.180. The van der Waals surface area contributed by atoms with Crippen molar-refractivity contribution in [2.24, 2.45) is 0 Å². The highest BCUT2D eigenvalue weighted by Crippen LogP contribution is 2.35. The number of carbonyl (C=O) groups excluding carboxylic acids is 1. The van der Waals surface area contributed by atoms with E-state index in [-0.39, 0.29) is 30.6 Å². The van der Waals surface area contributed by atoms with Crippen LogP contribution in [0, 0.1) is 6.92 Å². The Morgan fingerprint density at radius 1 is 0.969 bits per heavy atom. The number of ether oxygens (including phenoxy) is 1. The van der Waals surface area contributed by atoms with Crippen LogP contribution in [0.4, 0.5) is 17.7 Å². The van der Waals surface area contributed by atoms with Crippen LogP contribution in [0.1, 0.15) is 44.1 Å². The van der Waals surface area contributed by atoms with Crippen LogP contribution in [-0.4, -0.2) is 105 Å². The van der Waals surface area contributed by atoms with E-state index in [4.69, 9.17) is 35.6 Å². The highest BCUT2D eigenvalue weighted by atomic mass is 79.9. The predicted molar refractivity (Wildman–Crippen MR) is 250 cm³/mol. The fourth-order valence-electron chi connectivity index (χ4n) is 8.91. The Balaban J connectivity index is 0.941. The Hall–Kier alpha value is -6.92. The summed E-state index contributed by atoms with van der Waals surface area (Å²) in [4.78, 5) is 48.3. The molecule has 64 heavy (non-hydrogen) atoms. The zero-order valence-electron chi connectivity index (χ0n) is 35.8. The van der Waals surface area contributed by atoms with Gasteiger partial charge in [-0.05, 0) is 104 Å². The Labute approximate surface area is 377 Å². The van der Waals surface area contributed by atoms with Crippen molar-refractivity contribution >= 4 is 67.3 Å². The second-order valence-electron chi connectivity index (χ2n) is 16.8. The van der Waals surface area contributed by atoms with Crippen LogP contribution in [0.3, 0.4) is 0 Å². The molecule has 5 aromatic heterocycles. The molecule has 2 saturated heterocycles. The van der Waals surface area contributed by atoms with E-state index in [1.54, 1.807) is 10.7 Å². The van der Waals surface area contributed by atoms with Crippen molar-refractivity contribution in [2.75, 3.05) is 48.3 Å². The fourth-order valence-corrected chi connectivity index (χ4v) is 9.26. The molecule has 8 aromatic rings. The number of amides is 1. The van der Waals surface area contributed by atoms with E-state index in [1.807, 2.05) is 81.2 Å². The number of likely N-dealkylation sites (tertiary alicyclic amines) is 1. The largest absolute Gasteiger partial charge is 0.457 e. The first-order valence-corrected chi connectivity index (χ1v) is 22.3. The molecular formula is C46H48BrN15O2. The smallest absolute Gasteiger partial charge is 0.251 e. The van der Waals surface area contributed by atoms with Crippen LogP contribution < -0.4 is 25.6 Å². The number of para-hydroxylation sites is 1. The van der Waals surface area contributed by atoms with E-state index in [0.29, 0.717) is 76.9 Å². The van der Waals surface area contributed by atoms with E-state index in [9.17, 15) is 4.79 Å². The van der Waals surface area contributed by atoms with E-state index >= 15 is 0 Å². The van der Waals surface area contributed by atoms with Gasteiger partial charge >= 0.3 is 0 Å². The number of imidazole rings is 1. The Kier molecular flexibility index (Phi) is 10.9. The second-order valence-corrected chi connectivity index (χ2v) is 17.7. The molecule has 17 nitrogen and oxygen atoms in total. The summed E-state index contributed by atoms with van der Waals surface area (Å²) in [5, 5.41) is 14.1. The molecule has 0 spiro atoms. The summed E-state index contributed by atoms with van der Waals surface area (Å²) in [6, 6.07) is 23.8. The van der Waals surface area contributed by atoms with Gasteiger partial charge in [-0.3, -0.25) is 4.79 Å². The second kappa shape index (κ2) is 17.0. The number of nitrogens with zero attached hydrogens (tertiary/aromatic N) is 12. The fraction of sp³-hybridized carbons (Fsp3) is 0.304. The van der Waals surface area contributed by atoms with Crippen molar-refractivity contribution in [2.45, 2.75) is 58.3 Å². The summed E-state index contributed by atoms with van der Waals surface area (Å²) in [6.45, 7) is 13.7. The van der Waals surface area contributed by atoms with E-state index < -0.39 is 0 Å². The molecule has 326 valence electrons. The maximum absolute atomic E-state index is 14.6. The highest BCUT2D eigenvalue weighted by Gasteiger charge is 2.32. The van der Waals surface area contributed by atoms with Crippen LogP contribution in [0.5, 0.6) is 11.5 Å². The summed E-state index contributed by atoms with van der Waals surface area (Å²) < 4.78 is 10.4. The van der Waals surface area contributed by atoms with Crippen LogP contribution in [0.2, 0.25) is 0 Å². The number of halogens is 1. The van der Waals surface area contributed by atoms with Gasteiger partial charge in [0, 0.05) is 49.4 Å². The number of piperidine rings is 1. The average molecular weight is 923 g/mol. The number of fused-ring (bicyclic) bond motifs is 3. The Morgan fingerprint density at radius 3 is 2.55 bits per heavy atom. The van der Waals surface area contributed by atoms with Crippen LogP contribution in [0.25, 0.3) is 39.0 Å². The summed E-state index contributed by atoms with van der Waals surface area (Å²) in [7, 11) is 0. The maximum Gasteiger partial charge on any atom is 0.251 e. The lowest BCUT2D eigenvalue weighted by Crippen LogP contribution is -2.54. The lowest BCUT2D eigenvalue weighted by molar-refractivity contribution is -0.128. The van der Waals surface area contributed by atoms with Gasteiger partial charge in [-0.15, -0.1) is 0 Å². The molecule has 4 N–H and O–H groups in total. The Bertz CT molecular complexity index is 3010. The SMILES string of the molecule is C=C(CN(Cc1nc2ccc(C)cc2[nH]1)c1nc(N2C[C@@H](C)N[C@@H](C)C2)nc2c(Br)cnn12)C(=O)N1CCC[C@@H](n2nc(-c3ccc(Oc4ccccc4)cc3)c3c(N)ncnc32)C1. The van der Waals surface area contributed by atoms with Crippen molar-refractivity contribution in [1.82, 2.24) is 59.5 Å². The number of hydrogen-bond acceptors (Lipinski definition) is 13. The first-order valence-electron chi connectivity index (χ1n) is 21.5. The predicted octanol–water partition coefficient (Wildman–Crippen LogP) is 6.87. The van der Waals surface area contributed by atoms with Crippen LogP contribution in [0.15, 0.2) is 102 Å². The van der Waals surface area contributed by atoms with Crippen LogP contribution >= 0.6 is 15.9 Å². The molecule has 0 bridgehead atoms. The molecule has 0 radical (unpaired) electrons. The van der Waals surface area contributed by atoms with E-state index in [1.165, 1.54) is 6.33 Å². The number of piperazine rings is 1. The van der Waals surface area contributed by atoms with Crippen molar-refractivity contribution < 1.29 is 9.53 Å². The zero-order valence-corrected chi connectivity index (χ0v) is 37.4. The topological polar surface area (TPSA) is 189 Å². The molecule has 2 fully saturated rings. The number of aromatic amines is 1. The van der Waals surface area contributed by atoms with Gasteiger partial charge in [0.15, 0.2) is 11.3 Å². The van der Waals surface area contributed by atoms with Gasteiger partial charge in [0.05, 0.1) is 46.2 Å². The minimum absolute atomic E-state index is 0.149. The standard InChI is InChI=1S/C46H48BrN15O2/c1-27-12-17-36-37(19-27)54-38(53-36)25-60(46-56-45(55-42-35(47)20-51-62(42)46)59-22-29(3)52-30(4)23-59)21-28(2)44(63)58-18-8-9-32(24-58)61-43-39(41(48)49-26-50-43)40(57-61)31-13-15-34(16-14-31)64-33-10-6-5-7-11-33/h5-7,10-17,19-20,26,29-30,32,52H,2,8-9,18,21-25H2,1,3-4H3,(H,53,54)(H2,48,49,50)/t29-,30+,32-/m1/s1. The lowest BCUT2D eigenvalue weighted by atomic mass is 10.0. The molecular weight excluding hydrogens is 875 g/mol. The first kappa shape index (κ1) is 41.1. The number of carbonyl (C=O) groups is 1. The summed E-state index contributed by atoms with van der Waals surface area (Å²) in [6.07, 6.45) is 4.72. The van der Waals surface area contributed by atoms with Gasteiger partial charge in [-0.1, -0.05) is 30.8 Å². The number of H-pyrrole nitrogens is 1. The molecule has 3 atom stereocenters. The number of nitrogens with one attached hydrogen (secondary N) is 2. The number of anilines is 3. The van der Waals surface area contributed by atoms with Gasteiger partial charge in [0.25, 0.3) is 5.91 Å². The van der Waals surface area contributed by atoms with E-state index in [0.717, 1.165) is 58.3 Å². The van der Waals surface area contributed by atoms with Crippen molar-refractivity contribution in [3.63, 3.8) is 0 Å². The monoisotopic (exact) mass is 921 g/mol. The normalized spacial score (nSPS) is 18.0. The number of nitrogen functional groups attached to an aromatic ring is 1. The number of rotatable bonds is 11. The van der Waals surface area contributed by atoms with Crippen molar-refractivity contribution in [1.29, 1.82) is 0 Å². The molecule has 18 heteroatoms. The van der Waals surface area contributed by atoms with Gasteiger partial charge in [0.2, 0.25) is 11.9 Å². The van der Waals surface area contributed by atoms with Gasteiger partial charge in [0.1, 0.15) is 35.2 Å². The number of nitrogens with two attached hydrogens (primary N) is 1. The third kappa shape index (κ3) is 8.09. The summed E-state index contributed by atoms with van der Waals surface area (Å²) >= 11 is 3.68. The van der Waals surface area contributed by atoms with Gasteiger partial charge < -0.3 is 35.5 Å². The Morgan fingerprint density at radius 2 is 1.75 bits per heavy atom. The van der Waals surface area contributed by atoms with Crippen molar-refractivity contribution in [3.05, 3.63) is 113 Å². The van der Waals surface area contributed by atoms with Gasteiger partial charge in [-0.25, -0.2) is 19.6 Å². The molecule has 2 aliphatic heterocycles. The molecule has 3 aromatic carbocycles. The number of hydrogen-bond donors (Lipinski definition) is 3. The molecule has 1 amide bonds. The van der Waals surface area contributed by atoms with Crippen LogP contribution in [-0.2, 0) is 11.3 Å². The summed E-state index contributed by atoms with van der Waals surface area (Å²) in [5.74, 6) is 3.42.